The van der Waals surface area contributed by atoms with Crippen LogP contribution in [0.4, 0.5) is 13.2 Å². The van der Waals surface area contributed by atoms with Crippen molar-refractivity contribution in [1.82, 2.24) is 14.5 Å². The summed E-state index contributed by atoms with van der Waals surface area (Å²) in [5, 5.41) is 1.62. The number of nitrogens with zero attached hydrogens (tertiary/aromatic N) is 3. The van der Waals surface area contributed by atoms with Gasteiger partial charge in [0.25, 0.3) is 0 Å². The second kappa shape index (κ2) is 5.55. The van der Waals surface area contributed by atoms with Crippen molar-refractivity contribution in [2.24, 2.45) is 7.05 Å². The second-order valence-electron chi connectivity index (χ2n) is 5.08. The van der Waals surface area contributed by atoms with E-state index >= 15 is 0 Å². The zero-order chi connectivity index (χ0) is 17.7. The maximum absolute atomic E-state index is 12.8. The summed E-state index contributed by atoms with van der Waals surface area (Å²) in [4.78, 5) is 8.00. The molecule has 10 heteroatoms. The van der Waals surface area contributed by atoms with Crippen molar-refractivity contribution in [2.45, 2.75) is 17.3 Å². The Morgan fingerprint density at radius 1 is 1.33 bits per heavy atom. The number of hydrogen-bond acceptors (Lipinski definition) is 5. The van der Waals surface area contributed by atoms with Gasteiger partial charge in [0.05, 0.1) is 11.3 Å². The molecular weight excluding hydrogens is 363 g/mol. The van der Waals surface area contributed by atoms with Crippen molar-refractivity contribution in [1.29, 1.82) is 0 Å². The average molecular weight is 375 g/mol. The molecule has 0 amide bonds. The molecule has 5 nitrogen and oxygen atoms in total. The topological polar surface area (TPSA) is 64.8 Å². The highest BCUT2D eigenvalue weighted by Crippen LogP contribution is 2.35. The minimum absolute atomic E-state index is 0.0633. The number of rotatable bonds is 3. The lowest BCUT2D eigenvalue weighted by atomic mass is 10.2. The van der Waals surface area contributed by atoms with Gasteiger partial charge in [-0.25, -0.2) is 18.4 Å². The van der Waals surface area contributed by atoms with Gasteiger partial charge >= 0.3 is 6.18 Å². The van der Waals surface area contributed by atoms with Crippen LogP contribution in [-0.2, 0) is 23.1 Å². The first-order chi connectivity index (χ1) is 11.1. The number of alkyl halides is 3. The van der Waals surface area contributed by atoms with Gasteiger partial charge in [-0.1, -0.05) is 6.92 Å². The van der Waals surface area contributed by atoms with Gasteiger partial charge in [-0.05, 0) is 17.5 Å². The Balaban J connectivity index is 2.23. The van der Waals surface area contributed by atoms with E-state index in [0.29, 0.717) is 5.56 Å². The van der Waals surface area contributed by atoms with Crippen LogP contribution in [0.25, 0.3) is 22.6 Å². The van der Waals surface area contributed by atoms with E-state index in [1.165, 1.54) is 11.5 Å². The van der Waals surface area contributed by atoms with Gasteiger partial charge in [0.2, 0.25) is 0 Å². The van der Waals surface area contributed by atoms with Crippen molar-refractivity contribution in [3.63, 3.8) is 0 Å². The lowest BCUT2D eigenvalue weighted by molar-refractivity contribution is -0.137. The van der Waals surface area contributed by atoms with Crippen molar-refractivity contribution in [3.05, 3.63) is 29.3 Å². The molecule has 0 atom stereocenters. The zero-order valence-corrected chi connectivity index (χ0v) is 14.3. The van der Waals surface area contributed by atoms with E-state index in [9.17, 15) is 21.6 Å². The minimum Gasteiger partial charge on any atom is -0.312 e. The summed E-state index contributed by atoms with van der Waals surface area (Å²) < 4.78 is 64.4. The van der Waals surface area contributed by atoms with Gasteiger partial charge in [0, 0.05) is 18.8 Å². The molecular formula is C14H12F3N3O2S2. The molecule has 0 aliphatic carbocycles. The van der Waals surface area contributed by atoms with Crippen LogP contribution in [0.3, 0.4) is 0 Å². The standard InChI is InChI=1S/C14H12F3N3O2S2/c1-3-24(21,22)13-9(4-5-23-13)11-19-10-6-8(14(15,16)17)7-18-12(10)20(11)2/h4-7H,3H2,1-2H3. The fourth-order valence-corrected chi connectivity index (χ4v) is 4.78. The van der Waals surface area contributed by atoms with E-state index in [1.807, 2.05) is 0 Å². The summed E-state index contributed by atoms with van der Waals surface area (Å²) >= 11 is 1.06. The third-order valence-electron chi connectivity index (χ3n) is 3.57. The number of hydrogen-bond donors (Lipinski definition) is 0. The fraction of sp³-hybridized carbons (Fsp3) is 0.286. The lowest BCUT2D eigenvalue weighted by Gasteiger charge is -2.05. The van der Waals surface area contributed by atoms with Crippen LogP contribution in [0.1, 0.15) is 12.5 Å². The summed E-state index contributed by atoms with van der Waals surface area (Å²) in [6.45, 7) is 1.53. The quantitative estimate of drug-likeness (QED) is 0.703. The van der Waals surface area contributed by atoms with E-state index in [4.69, 9.17) is 0 Å². The lowest BCUT2D eigenvalue weighted by Crippen LogP contribution is -2.05. The van der Waals surface area contributed by atoms with Crippen LogP contribution in [0.2, 0.25) is 0 Å². The van der Waals surface area contributed by atoms with Crippen LogP contribution in [0, 0.1) is 0 Å². The average Bonchev–Trinajstić information content (AvgIpc) is 3.11. The molecule has 0 spiro atoms. The van der Waals surface area contributed by atoms with Crippen molar-refractivity contribution in [3.8, 4) is 11.4 Å². The first-order valence-electron chi connectivity index (χ1n) is 6.85. The summed E-state index contributed by atoms with van der Waals surface area (Å²) in [6.07, 6.45) is -3.77. The molecule has 0 fully saturated rings. The number of aryl methyl sites for hydroxylation is 1. The fourth-order valence-electron chi connectivity index (χ4n) is 2.31. The van der Waals surface area contributed by atoms with Gasteiger partial charge in [-0.15, -0.1) is 11.3 Å². The van der Waals surface area contributed by atoms with Crippen LogP contribution in [0.15, 0.2) is 27.9 Å². The van der Waals surface area contributed by atoms with Gasteiger partial charge in [0.15, 0.2) is 15.5 Å². The molecule has 24 heavy (non-hydrogen) atoms. The molecule has 0 radical (unpaired) electrons. The molecule has 0 saturated heterocycles. The molecule has 0 saturated carbocycles. The minimum atomic E-state index is -4.52. The van der Waals surface area contributed by atoms with E-state index in [-0.39, 0.29) is 27.0 Å². The number of halogens is 3. The number of fused-ring (bicyclic) bond motifs is 1. The van der Waals surface area contributed by atoms with Crippen LogP contribution >= 0.6 is 11.3 Å². The highest BCUT2D eigenvalue weighted by molar-refractivity contribution is 7.93. The highest BCUT2D eigenvalue weighted by Gasteiger charge is 2.32. The largest absolute Gasteiger partial charge is 0.417 e. The Morgan fingerprint density at radius 3 is 2.67 bits per heavy atom. The second-order valence-corrected chi connectivity index (χ2v) is 8.47. The monoisotopic (exact) mass is 375 g/mol. The molecule has 3 aromatic rings. The first-order valence-corrected chi connectivity index (χ1v) is 9.38. The predicted molar refractivity (Wildman–Crippen MR) is 84.6 cm³/mol. The Hall–Kier alpha value is -1.94. The number of aromatic nitrogens is 3. The van der Waals surface area contributed by atoms with E-state index < -0.39 is 21.6 Å². The van der Waals surface area contributed by atoms with E-state index in [1.54, 1.807) is 18.5 Å². The molecule has 3 heterocycles. The molecule has 0 aromatic carbocycles. The van der Waals surface area contributed by atoms with Crippen molar-refractivity contribution in [2.75, 3.05) is 5.75 Å². The summed E-state index contributed by atoms with van der Waals surface area (Å²) in [6, 6.07) is 2.51. The molecule has 0 unspecified atom stereocenters. The molecule has 128 valence electrons. The Bertz CT molecular complexity index is 1020. The van der Waals surface area contributed by atoms with Gasteiger partial charge < -0.3 is 4.57 Å². The third kappa shape index (κ3) is 2.69. The number of pyridine rings is 1. The smallest absolute Gasteiger partial charge is 0.312 e. The third-order valence-corrected chi connectivity index (χ3v) is 6.87. The number of thiophene rings is 1. The maximum Gasteiger partial charge on any atom is 0.417 e. The van der Waals surface area contributed by atoms with Crippen molar-refractivity contribution < 1.29 is 21.6 Å². The van der Waals surface area contributed by atoms with Crippen molar-refractivity contribution >= 4 is 32.3 Å². The summed E-state index contributed by atoms with van der Waals surface area (Å²) in [5.41, 5.74) is -0.209. The van der Waals surface area contributed by atoms with Gasteiger partial charge in [-0.3, -0.25) is 0 Å². The van der Waals surface area contributed by atoms with E-state index in [0.717, 1.165) is 23.6 Å². The van der Waals surface area contributed by atoms with Crippen LogP contribution < -0.4 is 0 Å². The Kier molecular flexibility index (Phi) is 3.91. The molecule has 3 rings (SSSR count). The van der Waals surface area contributed by atoms with Gasteiger partial charge in [0.1, 0.15) is 15.6 Å². The highest BCUT2D eigenvalue weighted by atomic mass is 32.2. The normalized spacial score (nSPS) is 12.9. The zero-order valence-electron chi connectivity index (χ0n) is 12.6. The van der Waals surface area contributed by atoms with E-state index in [2.05, 4.69) is 9.97 Å². The molecule has 0 aliphatic heterocycles. The molecule has 3 aromatic heterocycles. The number of imidazole rings is 1. The summed E-state index contributed by atoms with van der Waals surface area (Å²) in [5.74, 6) is 0.200. The SMILES string of the molecule is CCS(=O)(=O)c1sccc1-c1nc2cc(C(F)(F)F)cnc2n1C. The van der Waals surface area contributed by atoms with Gasteiger partial charge in [-0.2, -0.15) is 13.2 Å². The maximum atomic E-state index is 12.8. The predicted octanol–water partition coefficient (Wildman–Crippen LogP) is 3.51. The Morgan fingerprint density at radius 2 is 2.04 bits per heavy atom. The molecule has 0 N–H and O–H groups in total. The van der Waals surface area contributed by atoms with Crippen LogP contribution in [-0.4, -0.2) is 28.7 Å². The molecule has 0 aliphatic rings. The first kappa shape index (κ1) is 16.9. The Labute approximate surface area is 139 Å². The number of sulfone groups is 1. The summed E-state index contributed by atoms with van der Waals surface area (Å²) in [7, 11) is -1.87. The van der Waals surface area contributed by atoms with Crippen LogP contribution in [0.5, 0.6) is 0 Å². The molecule has 0 bridgehead atoms.